The van der Waals surface area contributed by atoms with Crippen molar-refractivity contribution in [2.75, 3.05) is 0 Å². The van der Waals surface area contributed by atoms with Crippen LogP contribution >= 0.6 is 0 Å². The van der Waals surface area contributed by atoms with Crippen molar-refractivity contribution in [3.63, 3.8) is 0 Å². The number of rotatable bonds is 3. The van der Waals surface area contributed by atoms with Gasteiger partial charge >= 0.3 is 5.76 Å². The normalized spacial score (nSPS) is 11.1. The average Bonchev–Trinajstić information content (AvgIpc) is 2.91. The van der Waals surface area contributed by atoms with E-state index in [9.17, 15) is 4.79 Å². The molecule has 0 aliphatic rings. The molecule has 0 spiro atoms. The molecule has 0 unspecified atom stereocenters. The van der Waals surface area contributed by atoms with Gasteiger partial charge in [-0.2, -0.15) is 0 Å². The van der Waals surface area contributed by atoms with E-state index in [2.05, 4.69) is 9.97 Å². The lowest BCUT2D eigenvalue weighted by Crippen LogP contribution is -2.14. The van der Waals surface area contributed by atoms with Gasteiger partial charge in [0.1, 0.15) is 0 Å². The van der Waals surface area contributed by atoms with Crippen molar-refractivity contribution in [1.29, 1.82) is 0 Å². The van der Waals surface area contributed by atoms with Crippen LogP contribution in [0.5, 0.6) is 0 Å². The lowest BCUT2D eigenvalue weighted by molar-refractivity contribution is 0.517. The maximum absolute atomic E-state index is 12.2. The molecule has 4 rings (SSSR count). The van der Waals surface area contributed by atoms with Gasteiger partial charge in [-0.05, 0) is 48.7 Å². The van der Waals surface area contributed by atoms with E-state index in [1.54, 1.807) is 17.0 Å². The highest BCUT2D eigenvalue weighted by atomic mass is 16.4. The number of hydrogen-bond donors (Lipinski definition) is 0. The Kier molecular flexibility index (Phi) is 3.69. The van der Waals surface area contributed by atoms with Crippen LogP contribution in [-0.2, 0) is 6.54 Å². The summed E-state index contributed by atoms with van der Waals surface area (Å²) in [7, 11) is 0. The maximum atomic E-state index is 12.2. The minimum atomic E-state index is -0.349. The molecular formula is C20H17N3O2. The summed E-state index contributed by atoms with van der Waals surface area (Å²) < 4.78 is 6.99. The topological polar surface area (TPSA) is 60.9 Å². The zero-order chi connectivity index (χ0) is 17.4. The van der Waals surface area contributed by atoms with Gasteiger partial charge in [0.05, 0.1) is 12.1 Å². The molecule has 2 heterocycles. The van der Waals surface area contributed by atoms with Crippen LogP contribution in [0.1, 0.15) is 16.7 Å². The molecule has 25 heavy (non-hydrogen) atoms. The van der Waals surface area contributed by atoms with Crippen LogP contribution in [0.15, 0.2) is 64.1 Å². The third-order valence-corrected chi connectivity index (χ3v) is 4.13. The Balaban J connectivity index is 1.73. The summed E-state index contributed by atoms with van der Waals surface area (Å²) in [6.07, 6.45) is 3.59. The van der Waals surface area contributed by atoms with E-state index in [0.717, 1.165) is 27.8 Å². The standard InChI is InChI=1S/C20H17N3O2/c1-13-6-7-18-17(8-13)23(20(24)25-18)12-15-4-3-5-16(9-15)19-21-10-14(2)11-22-19/h3-11H,12H2,1-2H3. The van der Waals surface area contributed by atoms with Gasteiger partial charge in [0.15, 0.2) is 11.4 Å². The Bertz CT molecular complexity index is 1110. The van der Waals surface area contributed by atoms with Gasteiger partial charge in [-0.1, -0.05) is 24.3 Å². The molecule has 2 aromatic carbocycles. The molecule has 5 nitrogen and oxygen atoms in total. The van der Waals surface area contributed by atoms with Gasteiger partial charge in [0.2, 0.25) is 0 Å². The largest absolute Gasteiger partial charge is 0.420 e. The van der Waals surface area contributed by atoms with Gasteiger partial charge in [0, 0.05) is 18.0 Å². The second-order valence-electron chi connectivity index (χ2n) is 6.21. The van der Waals surface area contributed by atoms with Crippen LogP contribution in [0.4, 0.5) is 0 Å². The van der Waals surface area contributed by atoms with Crippen molar-refractivity contribution < 1.29 is 4.42 Å². The molecule has 0 radical (unpaired) electrons. The van der Waals surface area contributed by atoms with E-state index in [1.807, 2.05) is 56.3 Å². The molecule has 0 fully saturated rings. The fourth-order valence-electron chi connectivity index (χ4n) is 2.85. The maximum Gasteiger partial charge on any atom is 0.420 e. The summed E-state index contributed by atoms with van der Waals surface area (Å²) in [6, 6.07) is 13.6. The first kappa shape index (κ1) is 15.3. The number of oxazole rings is 1. The second kappa shape index (κ2) is 6.02. The number of fused-ring (bicyclic) bond motifs is 1. The van der Waals surface area contributed by atoms with E-state index in [4.69, 9.17) is 4.42 Å². The van der Waals surface area contributed by atoms with E-state index >= 15 is 0 Å². The Hall–Kier alpha value is -3.21. The van der Waals surface area contributed by atoms with Crippen molar-refractivity contribution in [2.45, 2.75) is 20.4 Å². The summed E-state index contributed by atoms with van der Waals surface area (Å²) in [4.78, 5) is 21.0. The van der Waals surface area contributed by atoms with Crippen LogP contribution in [0, 0.1) is 13.8 Å². The monoisotopic (exact) mass is 331 g/mol. The van der Waals surface area contributed by atoms with Crippen LogP contribution in [0.25, 0.3) is 22.5 Å². The lowest BCUT2D eigenvalue weighted by atomic mass is 10.1. The van der Waals surface area contributed by atoms with Gasteiger partial charge in [-0.15, -0.1) is 0 Å². The number of aromatic nitrogens is 3. The van der Waals surface area contributed by atoms with Crippen molar-refractivity contribution in [3.05, 3.63) is 82.1 Å². The van der Waals surface area contributed by atoms with Gasteiger partial charge in [-0.3, -0.25) is 4.57 Å². The third kappa shape index (κ3) is 2.96. The quantitative estimate of drug-likeness (QED) is 0.574. The van der Waals surface area contributed by atoms with Crippen molar-refractivity contribution >= 4 is 11.1 Å². The number of aryl methyl sites for hydroxylation is 2. The van der Waals surface area contributed by atoms with Crippen molar-refractivity contribution in [3.8, 4) is 11.4 Å². The molecule has 0 aliphatic heterocycles. The summed E-state index contributed by atoms with van der Waals surface area (Å²) in [5, 5.41) is 0. The molecule has 5 heteroatoms. The molecular weight excluding hydrogens is 314 g/mol. The van der Waals surface area contributed by atoms with E-state index in [1.165, 1.54) is 0 Å². The van der Waals surface area contributed by atoms with E-state index < -0.39 is 0 Å². The summed E-state index contributed by atoms with van der Waals surface area (Å²) >= 11 is 0. The first-order valence-electron chi connectivity index (χ1n) is 8.08. The van der Waals surface area contributed by atoms with Crippen molar-refractivity contribution in [1.82, 2.24) is 14.5 Å². The van der Waals surface area contributed by atoms with Crippen LogP contribution in [0.3, 0.4) is 0 Å². The van der Waals surface area contributed by atoms with Crippen LogP contribution in [-0.4, -0.2) is 14.5 Å². The SMILES string of the molecule is Cc1cnc(-c2cccc(Cn3c(=O)oc4ccc(C)cc43)c2)nc1. The highest BCUT2D eigenvalue weighted by Crippen LogP contribution is 2.19. The first-order chi connectivity index (χ1) is 12.1. The average molecular weight is 331 g/mol. The van der Waals surface area contributed by atoms with Gasteiger partial charge < -0.3 is 4.42 Å². The molecule has 0 atom stereocenters. The summed E-state index contributed by atoms with van der Waals surface area (Å²) in [6.45, 7) is 4.39. The van der Waals surface area contributed by atoms with E-state index in [0.29, 0.717) is 18.0 Å². The molecule has 0 N–H and O–H groups in total. The van der Waals surface area contributed by atoms with Crippen LogP contribution < -0.4 is 5.76 Å². The summed E-state index contributed by atoms with van der Waals surface area (Å²) in [5.74, 6) is 0.324. The van der Waals surface area contributed by atoms with Gasteiger partial charge in [0.25, 0.3) is 0 Å². The molecule has 124 valence electrons. The van der Waals surface area contributed by atoms with E-state index in [-0.39, 0.29) is 5.76 Å². The molecule has 0 saturated carbocycles. The lowest BCUT2D eigenvalue weighted by Gasteiger charge is -2.06. The second-order valence-corrected chi connectivity index (χ2v) is 6.21. The van der Waals surface area contributed by atoms with Crippen molar-refractivity contribution in [2.24, 2.45) is 0 Å². The predicted octanol–water partition coefficient (Wildman–Crippen LogP) is 3.72. The minimum absolute atomic E-state index is 0.349. The predicted molar refractivity (Wildman–Crippen MR) is 96.5 cm³/mol. The number of hydrogen-bond acceptors (Lipinski definition) is 4. The Labute approximate surface area is 144 Å². The molecule has 2 aromatic heterocycles. The summed E-state index contributed by atoms with van der Waals surface area (Å²) in [5.41, 5.74) is 5.44. The Morgan fingerprint density at radius 3 is 2.60 bits per heavy atom. The molecule has 0 saturated heterocycles. The highest BCUT2D eigenvalue weighted by Gasteiger charge is 2.10. The molecule has 0 aliphatic carbocycles. The van der Waals surface area contributed by atoms with Crippen LogP contribution in [0.2, 0.25) is 0 Å². The van der Waals surface area contributed by atoms with Gasteiger partial charge in [-0.25, -0.2) is 14.8 Å². The molecule has 0 amide bonds. The number of benzene rings is 2. The first-order valence-corrected chi connectivity index (χ1v) is 8.08. The smallest absolute Gasteiger partial charge is 0.408 e. The fraction of sp³-hybridized carbons (Fsp3) is 0.150. The third-order valence-electron chi connectivity index (χ3n) is 4.13. The molecule has 0 bridgehead atoms. The zero-order valence-corrected chi connectivity index (χ0v) is 14.1. The fourth-order valence-corrected chi connectivity index (χ4v) is 2.85. The molecule has 4 aromatic rings. The minimum Gasteiger partial charge on any atom is -0.408 e. The Morgan fingerprint density at radius 2 is 1.80 bits per heavy atom. The zero-order valence-electron chi connectivity index (χ0n) is 14.1. The Morgan fingerprint density at radius 1 is 1.00 bits per heavy atom. The number of nitrogens with zero attached hydrogens (tertiary/aromatic N) is 3. The highest BCUT2D eigenvalue weighted by molar-refractivity contribution is 5.73.